The molecule has 1 N–H and O–H groups in total. The van der Waals surface area contributed by atoms with Gasteiger partial charge in [-0.05, 0) is 44.4 Å². The average molecular weight is 429 g/mol. The summed E-state index contributed by atoms with van der Waals surface area (Å²) in [6.45, 7) is 11.0. The summed E-state index contributed by atoms with van der Waals surface area (Å²) in [5.74, 6) is 1.34. The van der Waals surface area contributed by atoms with E-state index in [1.165, 1.54) is 11.8 Å². The second kappa shape index (κ2) is 9.30. The summed E-state index contributed by atoms with van der Waals surface area (Å²) in [7, 11) is 0. The second-order valence-corrected chi connectivity index (χ2v) is 9.30. The number of benzene rings is 1. The van der Waals surface area contributed by atoms with Gasteiger partial charge < -0.3 is 9.88 Å². The van der Waals surface area contributed by atoms with E-state index in [4.69, 9.17) is 23.2 Å². The summed E-state index contributed by atoms with van der Waals surface area (Å²) in [5, 5.41) is 13.5. The van der Waals surface area contributed by atoms with E-state index in [-0.39, 0.29) is 17.2 Å². The van der Waals surface area contributed by atoms with Gasteiger partial charge in [0.2, 0.25) is 5.91 Å². The zero-order valence-electron chi connectivity index (χ0n) is 16.3. The molecule has 148 valence electrons. The van der Waals surface area contributed by atoms with Crippen molar-refractivity contribution in [3.8, 4) is 11.4 Å². The topological polar surface area (TPSA) is 59.8 Å². The van der Waals surface area contributed by atoms with Gasteiger partial charge in [-0.2, -0.15) is 0 Å². The van der Waals surface area contributed by atoms with Gasteiger partial charge in [0.05, 0.1) is 10.8 Å². The zero-order valence-corrected chi connectivity index (χ0v) is 18.7. The highest BCUT2D eigenvalue weighted by molar-refractivity contribution is 7.99. The van der Waals surface area contributed by atoms with Crippen molar-refractivity contribution in [1.82, 2.24) is 20.1 Å². The maximum Gasteiger partial charge on any atom is 0.230 e. The minimum absolute atomic E-state index is 0.0166. The molecule has 1 aromatic heterocycles. The predicted molar refractivity (Wildman–Crippen MR) is 114 cm³/mol. The van der Waals surface area contributed by atoms with Crippen LogP contribution in [0.5, 0.6) is 0 Å². The van der Waals surface area contributed by atoms with Crippen molar-refractivity contribution in [2.45, 2.75) is 58.3 Å². The van der Waals surface area contributed by atoms with E-state index in [1.54, 1.807) is 12.1 Å². The number of nitrogens with one attached hydrogen (secondary N) is 1. The monoisotopic (exact) mass is 428 g/mol. The molecule has 5 nitrogen and oxygen atoms in total. The van der Waals surface area contributed by atoms with E-state index >= 15 is 0 Å². The Labute approximate surface area is 175 Å². The van der Waals surface area contributed by atoms with Crippen LogP contribution < -0.4 is 5.32 Å². The summed E-state index contributed by atoms with van der Waals surface area (Å²) < 4.78 is 2.02. The van der Waals surface area contributed by atoms with Crippen molar-refractivity contribution in [3.05, 3.63) is 28.2 Å². The summed E-state index contributed by atoms with van der Waals surface area (Å²) in [5.41, 5.74) is 0.559. The molecular formula is C19H26Cl2N4OS. The molecule has 2 rings (SSSR count). The molecule has 2 aromatic rings. The van der Waals surface area contributed by atoms with Crippen LogP contribution in [0.3, 0.4) is 0 Å². The molecule has 0 aliphatic rings. The van der Waals surface area contributed by atoms with Gasteiger partial charge in [-0.3, -0.25) is 4.79 Å². The number of nitrogens with zero attached hydrogens (tertiary/aromatic N) is 3. The number of carbonyl (C=O) groups excluding carboxylic acids is 1. The summed E-state index contributed by atoms with van der Waals surface area (Å²) >= 11 is 13.7. The van der Waals surface area contributed by atoms with E-state index in [1.807, 2.05) is 24.5 Å². The number of carbonyl (C=O) groups is 1. The molecule has 0 saturated heterocycles. The van der Waals surface area contributed by atoms with Gasteiger partial charge in [0.25, 0.3) is 0 Å². The van der Waals surface area contributed by atoms with E-state index in [0.29, 0.717) is 26.9 Å². The SMILES string of the molecule is CCC(C)(C)NC(=O)CSc1nnc(-c2ccc(Cl)cc2Cl)n1CC(C)C. The zero-order chi connectivity index (χ0) is 20.2. The number of hydrogen-bond acceptors (Lipinski definition) is 4. The van der Waals surface area contributed by atoms with Gasteiger partial charge in [-0.1, -0.05) is 55.7 Å². The van der Waals surface area contributed by atoms with Gasteiger partial charge in [0, 0.05) is 22.7 Å². The fraction of sp³-hybridized carbons (Fsp3) is 0.526. The third kappa shape index (κ3) is 6.13. The summed E-state index contributed by atoms with van der Waals surface area (Å²) in [6, 6.07) is 5.32. The van der Waals surface area contributed by atoms with Crippen molar-refractivity contribution in [2.75, 3.05) is 5.75 Å². The van der Waals surface area contributed by atoms with Gasteiger partial charge in [-0.25, -0.2) is 0 Å². The van der Waals surface area contributed by atoms with Crippen LogP contribution in [-0.4, -0.2) is 32.0 Å². The molecule has 0 aliphatic carbocycles. The minimum Gasteiger partial charge on any atom is -0.351 e. The molecule has 0 atom stereocenters. The first kappa shape index (κ1) is 22.1. The molecule has 0 saturated carbocycles. The number of thioether (sulfide) groups is 1. The molecule has 27 heavy (non-hydrogen) atoms. The first-order chi connectivity index (χ1) is 12.6. The molecule has 8 heteroatoms. The van der Waals surface area contributed by atoms with Crippen molar-refractivity contribution < 1.29 is 4.79 Å². The van der Waals surface area contributed by atoms with E-state index in [2.05, 4.69) is 36.3 Å². The Morgan fingerprint density at radius 3 is 2.59 bits per heavy atom. The van der Waals surface area contributed by atoms with Crippen LogP contribution in [0.1, 0.15) is 41.0 Å². The lowest BCUT2D eigenvalue weighted by Gasteiger charge is -2.24. The van der Waals surface area contributed by atoms with Crippen molar-refractivity contribution in [3.63, 3.8) is 0 Å². The molecule has 1 aromatic carbocycles. The Hall–Kier alpha value is -1.24. The second-order valence-electron chi connectivity index (χ2n) is 7.51. The third-order valence-electron chi connectivity index (χ3n) is 4.13. The third-order valence-corrected chi connectivity index (χ3v) is 5.65. The molecule has 0 aliphatic heterocycles. The molecule has 0 unspecified atom stereocenters. The molecule has 1 amide bonds. The number of halogens is 2. The molecule has 1 heterocycles. The first-order valence-corrected chi connectivity index (χ1v) is 10.7. The predicted octanol–water partition coefficient (Wildman–Crippen LogP) is 5.30. The van der Waals surface area contributed by atoms with Crippen LogP contribution in [0.15, 0.2) is 23.4 Å². The average Bonchev–Trinajstić information content (AvgIpc) is 2.94. The van der Waals surface area contributed by atoms with Crippen LogP contribution in [0.25, 0.3) is 11.4 Å². The van der Waals surface area contributed by atoms with Gasteiger partial charge in [0.15, 0.2) is 11.0 Å². The standard InChI is InChI=1S/C19H26Cl2N4OS/c1-6-19(4,5)22-16(26)11-27-18-24-23-17(25(18)10-12(2)3)14-8-7-13(20)9-15(14)21/h7-9,12H,6,10-11H2,1-5H3,(H,22,26). The summed E-state index contributed by atoms with van der Waals surface area (Å²) in [6.07, 6.45) is 0.867. The van der Waals surface area contributed by atoms with Crippen LogP contribution in [0.2, 0.25) is 10.0 Å². The molecule has 0 spiro atoms. The molecule has 0 bridgehead atoms. The highest BCUT2D eigenvalue weighted by Gasteiger charge is 2.21. The minimum atomic E-state index is -0.217. The smallest absolute Gasteiger partial charge is 0.230 e. The number of rotatable bonds is 8. The molecule has 0 radical (unpaired) electrons. The quantitative estimate of drug-likeness (QED) is 0.578. The number of aromatic nitrogens is 3. The Balaban J connectivity index is 2.24. The Kier molecular flexibility index (Phi) is 7.60. The molecular weight excluding hydrogens is 403 g/mol. The van der Waals surface area contributed by atoms with Crippen molar-refractivity contribution in [2.24, 2.45) is 5.92 Å². The highest BCUT2D eigenvalue weighted by Crippen LogP contribution is 2.32. The fourth-order valence-electron chi connectivity index (χ4n) is 2.43. The highest BCUT2D eigenvalue weighted by atomic mass is 35.5. The van der Waals surface area contributed by atoms with Crippen LogP contribution in [0.4, 0.5) is 0 Å². The van der Waals surface area contributed by atoms with Gasteiger partial charge >= 0.3 is 0 Å². The number of hydrogen-bond donors (Lipinski definition) is 1. The Morgan fingerprint density at radius 1 is 1.30 bits per heavy atom. The van der Waals surface area contributed by atoms with Crippen molar-refractivity contribution >= 4 is 40.9 Å². The van der Waals surface area contributed by atoms with E-state index in [9.17, 15) is 4.79 Å². The normalized spacial score (nSPS) is 11.9. The maximum absolute atomic E-state index is 12.3. The Morgan fingerprint density at radius 2 is 2.00 bits per heavy atom. The summed E-state index contributed by atoms with van der Waals surface area (Å²) in [4.78, 5) is 12.3. The maximum atomic E-state index is 12.3. The van der Waals surface area contributed by atoms with Crippen LogP contribution in [0, 0.1) is 5.92 Å². The van der Waals surface area contributed by atoms with Gasteiger partial charge in [-0.15, -0.1) is 10.2 Å². The fourth-order valence-corrected chi connectivity index (χ4v) is 3.67. The number of amides is 1. The van der Waals surface area contributed by atoms with E-state index in [0.717, 1.165) is 18.5 Å². The Bertz CT molecular complexity index is 805. The largest absolute Gasteiger partial charge is 0.351 e. The van der Waals surface area contributed by atoms with Crippen LogP contribution >= 0.6 is 35.0 Å². The lowest BCUT2D eigenvalue weighted by atomic mass is 10.0. The van der Waals surface area contributed by atoms with Crippen molar-refractivity contribution in [1.29, 1.82) is 0 Å². The van der Waals surface area contributed by atoms with Crippen LogP contribution in [-0.2, 0) is 11.3 Å². The van der Waals surface area contributed by atoms with Gasteiger partial charge in [0.1, 0.15) is 0 Å². The van der Waals surface area contributed by atoms with E-state index < -0.39 is 0 Å². The first-order valence-electron chi connectivity index (χ1n) is 8.95. The lowest BCUT2D eigenvalue weighted by Crippen LogP contribution is -2.43. The lowest BCUT2D eigenvalue weighted by molar-refractivity contribution is -0.120. The molecule has 0 fully saturated rings.